The molecule has 0 saturated heterocycles. The zero-order valence-corrected chi connectivity index (χ0v) is 12.2. The van der Waals surface area contributed by atoms with E-state index in [-0.39, 0.29) is 18.0 Å². The van der Waals surface area contributed by atoms with Gasteiger partial charge in [-0.1, -0.05) is 0 Å². The van der Waals surface area contributed by atoms with E-state index in [0.717, 1.165) is 0 Å². The summed E-state index contributed by atoms with van der Waals surface area (Å²) in [5.74, 6) is 0.555. The first-order chi connectivity index (χ1) is 8.99. The van der Waals surface area contributed by atoms with E-state index >= 15 is 0 Å². The maximum absolute atomic E-state index is 5.60. The molecule has 19 heavy (non-hydrogen) atoms. The predicted molar refractivity (Wildman–Crippen MR) is 76.6 cm³/mol. The lowest BCUT2D eigenvalue weighted by Gasteiger charge is -2.14. The van der Waals surface area contributed by atoms with Gasteiger partial charge in [-0.2, -0.15) is 15.0 Å². The summed E-state index contributed by atoms with van der Waals surface area (Å²) in [6.07, 6.45) is 0. The van der Waals surface area contributed by atoms with Gasteiger partial charge in [-0.05, 0) is 32.4 Å². The van der Waals surface area contributed by atoms with Gasteiger partial charge in [0, 0.05) is 9.75 Å². The van der Waals surface area contributed by atoms with Crippen LogP contribution in [0.2, 0.25) is 0 Å². The molecule has 0 aliphatic heterocycles. The SMILES string of the molecule is COc1nc(N)nc(NC(C)c2cc(C)sc2C)n1. The maximum atomic E-state index is 5.60. The Morgan fingerprint density at radius 2 is 2.05 bits per heavy atom. The van der Waals surface area contributed by atoms with Crippen LogP contribution in [0.4, 0.5) is 11.9 Å². The molecule has 0 spiro atoms. The molecule has 1 unspecified atom stereocenters. The number of thiophene rings is 1. The number of nitrogens with two attached hydrogens (primary N) is 1. The van der Waals surface area contributed by atoms with Crippen molar-refractivity contribution in [3.8, 4) is 6.01 Å². The lowest BCUT2D eigenvalue weighted by molar-refractivity contribution is 0.379. The normalized spacial score (nSPS) is 12.2. The van der Waals surface area contributed by atoms with Crippen molar-refractivity contribution in [3.63, 3.8) is 0 Å². The Labute approximate surface area is 116 Å². The van der Waals surface area contributed by atoms with Crippen LogP contribution >= 0.6 is 11.3 Å². The second kappa shape index (κ2) is 5.40. The summed E-state index contributed by atoms with van der Waals surface area (Å²) in [6, 6.07) is 2.47. The molecular formula is C12H17N5OS. The lowest BCUT2D eigenvalue weighted by atomic mass is 10.1. The molecule has 0 radical (unpaired) electrons. The van der Waals surface area contributed by atoms with Gasteiger partial charge in [0.1, 0.15) is 0 Å². The molecule has 0 aromatic carbocycles. The standard InChI is InChI=1S/C12H17N5OS/c1-6-5-9(8(3)19-6)7(2)14-11-15-10(13)16-12(17-11)18-4/h5,7H,1-4H3,(H3,13,14,15,16,17). The van der Waals surface area contributed by atoms with Gasteiger partial charge in [-0.25, -0.2) is 0 Å². The van der Waals surface area contributed by atoms with Crippen LogP contribution < -0.4 is 15.8 Å². The number of aryl methyl sites for hydroxylation is 2. The van der Waals surface area contributed by atoms with Crippen LogP contribution in [0, 0.1) is 13.8 Å². The second-order valence-electron chi connectivity index (χ2n) is 4.24. The Bertz CT molecular complexity index is 583. The topological polar surface area (TPSA) is 86.0 Å². The Balaban J connectivity index is 2.21. The summed E-state index contributed by atoms with van der Waals surface area (Å²) in [5, 5.41) is 3.21. The molecular weight excluding hydrogens is 262 g/mol. The van der Waals surface area contributed by atoms with Gasteiger partial charge in [0.25, 0.3) is 0 Å². The van der Waals surface area contributed by atoms with Crippen LogP contribution in [-0.4, -0.2) is 22.1 Å². The zero-order valence-electron chi connectivity index (χ0n) is 11.4. The van der Waals surface area contributed by atoms with Crippen molar-refractivity contribution in [2.45, 2.75) is 26.8 Å². The van der Waals surface area contributed by atoms with E-state index in [4.69, 9.17) is 10.5 Å². The van der Waals surface area contributed by atoms with Crippen LogP contribution in [0.3, 0.4) is 0 Å². The van der Waals surface area contributed by atoms with Gasteiger partial charge in [0.2, 0.25) is 11.9 Å². The summed E-state index contributed by atoms with van der Waals surface area (Å²) in [5.41, 5.74) is 6.84. The quantitative estimate of drug-likeness (QED) is 0.893. The first-order valence-corrected chi connectivity index (χ1v) is 6.70. The number of hydrogen-bond acceptors (Lipinski definition) is 7. The van der Waals surface area contributed by atoms with Gasteiger partial charge < -0.3 is 15.8 Å². The minimum absolute atomic E-state index is 0.0939. The molecule has 1 atom stereocenters. The summed E-state index contributed by atoms with van der Waals surface area (Å²) in [7, 11) is 1.49. The first kappa shape index (κ1) is 13.5. The highest BCUT2D eigenvalue weighted by Crippen LogP contribution is 2.28. The number of nitrogen functional groups attached to an aromatic ring is 1. The fourth-order valence-corrected chi connectivity index (χ4v) is 2.90. The van der Waals surface area contributed by atoms with Crippen LogP contribution in [0.15, 0.2) is 6.07 Å². The molecule has 3 N–H and O–H groups in total. The Morgan fingerprint density at radius 1 is 1.32 bits per heavy atom. The molecule has 2 aromatic rings. The van der Waals surface area contributed by atoms with E-state index in [0.29, 0.717) is 5.95 Å². The first-order valence-electron chi connectivity index (χ1n) is 5.88. The molecule has 2 heterocycles. The third kappa shape index (κ3) is 3.11. The highest BCUT2D eigenvalue weighted by molar-refractivity contribution is 7.12. The number of nitrogens with zero attached hydrogens (tertiary/aromatic N) is 3. The van der Waals surface area contributed by atoms with Crippen LogP contribution in [-0.2, 0) is 0 Å². The highest BCUT2D eigenvalue weighted by Gasteiger charge is 2.13. The predicted octanol–water partition coefficient (Wildman–Crippen LogP) is 2.31. The second-order valence-corrected chi connectivity index (χ2v) is 5.70. The van der Waals surface area contributed by atoms with Crippen molar-refractivity contribution in [2.75, 3.05) is 18.2 Å². The van der Waals surface area contributed by atoms with E-state index in [1.54, 1.807) is 11.3 Å². The van der Waals surface area contributed by atoms with Crippen molar-refractivity contribution in [1.29, 1.82) is 0 Å². The van der Waals surface area contributed by atoms with Crippen molar-refractivity contribution in [3.05, 3.63) is 21.4 Å². The number of ether oxygens (including phenoxy) is 1. The fraction of sp³-hybridized carbons (Fsp3) is 0.417. The van der Waals surface area contributed by atoms with E-state index in [1.165, 1.54) is 22.4 Å². The molecule has 0 fully saturated rings. The van der Waals surface area contributed by atoms with Gasteiger partial charge in [-0.15, -0.1) is 11.3 Å². The number of anilines is 2. The van der Waals surface area contributed by atoms with Crippen molar-refractivity contribution in [1.82, 2.24) is 15.0 Å². The van der Waals surface area contributed by atoms with Gasteiger partial charge >= 0.3 is 6.01 Å². The molecule has 0 aliphatic carbocycles. The molecule has 2 rings (SSSR count). The van der Waals surface area contributed by atoms with Crippen LogP contribution in [0.1, 0.15) is 28.3 Å². The van der Waals surface area contributed by atoms with Crippen molar-refractivity contribution < 1.29 is 4.74 Å². The summed E-state index contributed by atoms with van der Waals surface area (Å²) in [4.78, 5) is 14.6. The maximum Gasteiger partial charge on any atom is 0.322 e. The van der Waals surface area contributed by atoms with E-state index in [9.17, 15) is 0 Å². The molecule has 0 bridgehead atoms. The van der Waals surface area contributed by atoms with Gasteiger partial charge in [0.15, 0.2) is 0 Å². The molecule has 7 heteroatoms. The Morgan fingerprint density at radius 3 is 2.63 bits per heavy atom. The van der Waals surface area contributed by atoms with E-state index < -0.39 is 0 Å². The number of methoxy groups -OCH3 is 1. The minimum Gasteiger partial charge on any atom is -0.467 e. The summed E-state index contributed by atoms with van der Waals surface area (Å²) in [6.45, 7) is 6.26. The third-order valence-electron chi connectivity index (χ3n) is 2.71. The largest absolute Gasteiger partial charge is 0.467 e. The smallest absolute Gasteiger partial charge is 0.322 e. The lowest BCUT2D eigenvalue weighted by Crippen LogP contribution is -2.12. The molecule has 2 aromatic heterocycles. The monoisotopic (exact) mass is 279 g/mol. The number of nitrogens with one attached hydrogen (secondary N) is 1. The summed E-state index contributed by atoms with van der Waals surface area (Å²) < 4.78 is 4.97. The molecule has 0 aliphatic rings. The fourth-order valence-electron chi connectivity index (χ4n) is 1.88. The average Bonchev–Trinajstić information content (AvgIpc) is 2.67. The van der Waals surface area contributed by atoms with E-state index in [1.807, 2.05) is 0 Å². The Kier molecular flexibility index (Phi) is 3.84. The minimum atomic E-state index is 0.0939. The summed E-state index contributed by atoms with van der Waals surface area (Å²) >= 11 is 1.78. The van der Waals surface area contributed by atoms with Crippen LogP contribution in [0.25, 0.3) is 0 Å². The van der Waals surface area contributed by atoms with Crippen molar-refractivity contribution in [2.24, 2.45) is 0 Å². The zero-order chi connectivity index (χ0) is 14.0. The molecule has 102 valence electrons. The highest BCUT2D eigenvalue weighted by atomic mass is 32.1. The Hall–Kier alpha value is -1.89. The number of aromatic nitrogens is 3. The van der Waals surface area contributed by atoms with Crippen molar-refractivity contribution >= 4 is 23.2 Å². The molecule has 0 saturated carbocycles. The number of hydrogen-bond donors (Lipinski definition) is 2. The van der Waals surface area contributed by atoms with Gasteiger partial charge in [-0.3, -0.25) is 0 Å². The number of rotatable bonds is 4. The average molecular weight is 279 g/mol. The van der Waals surface area contributed by atoms with Gasteiger partial charge in [0.05, 0.1) is 13.2 Å². The molecule has 6 nitrogen and oxygen atoms in total. The van der Waals surface area contributed by atoms with Crippen LogP contribution in [0.5, 0.6) is 6.01 Å². The third-order valence-corrected chi connectivity index (χ3v) is 3.69. The molecule has 0 amide bonds. The van der Waals surface area contributed by atoms with E-state index in [2.05, 4.69) is 47.1 Å².